The number of pyridine rings is 1. The van der Waals surface area contributed by atoms with Crippen LogP contribution in [0.25, 0.3) is 0 Å². The Morgan fingerprint density at radius 1 is 1.21 bits per heavy atom. The number of nitrogens with zero attached hydrogens (tertiary/aromatic N) is 3. The van der Waals surface area contributed by atoms with Gasteiger partial charge in [0.1, 0.15) is 18.3 Å². The fourth-order valence-electron chi connectivity index (χ4n) is 4.63. The molecule has 2 aromatic heterocycles. The van der Waals surface area contributed by atoms with Gasteiger partial charge in [-0.15, -0.1) is 0 Å². The molecule has 0 aliphatic heterocycles. The molecule has 0 saturated heterocycles. The lowest BCUT2D eigenvalue weighted by atomic mass is 9.50. The van der Waals surface area contributed by atoms with Crippen LogP contribution in [-0.2, 0) is 25.7 Å². The van der Waals surface area contributed by atoms with E-state index >= 15 is 0 Å². The van der Waals surface area contributed by atoms with E-state index in [1.54, 1.807) is 6.92 Å². The zero-order chi connectivity index (χ0) is 27.4. The Morgan fingerprint density at radius 2 is 1.95 bits per heavy atom. The van der Waals surface area contributed by atoms with Gasteiger partial charge in [0, 0.05) is 31.6 Å². The topological polar surface area (TPSA) is 194 Å². The third-order valence-corrected chi connectivity index (χ3v) is 6.64. The van der Waals surface area contributed by atoms with E-state index < -0.39 is 35.1 Å². The molecule has 0 unspecified atom stereocenters. The second-order valence-corrected chi connectivity index (χ2v) is 9.64. The van der Waals surface area contributed by atoms with Gasteiger partial charge in [-0.3, -0.25) is 28.8 Å². The molecule has 0 radical (unpaired) electrons. The Bertz CT molecular complexity index is 1310. The van der Waals surface area contributed by atoms with Crippen molar-refractivity contribution in [3.63, 3.8) is 0 Å². The maximum atomic E-state index is 13.1. The predicted octanol–water partition coefficient (Wildman–Crippen LogP) is -0.569. The highest BCUT2D eigenvalue weighted by Crippen LogP contribution is 2.56. The zero-order valence-corrected chi connectivity index (χ0v) is 21.0. The Kier molecular flexibility index (Phi) is 7.69. The van der Waals surface area contributed by atoms with Crippen LogP contribution in [-0.4, -0.2) is 62.2 Å². The second kappa shape index (κ2) is 10.9. The number of Topliss-reactive ketones (excluding diaryl/α,β-unsaturated/α-hetero) is 1. The first-order valence-corrected chi connectivity index (χ1v) is 12.3. The highest BCUT2D eigenvalue weighted by Gasteiger charge is 2.57. The van der Waals surface area contributed by atoms with Crippen LogP contribution in [0.2, 0.25) is 0 Å². The fourth-order valence-corrected chi connectivity index (χ4v) is 4.63. The molecular weight excluding hydrogens is 498 g/mol. The summed E-state index contributed by atoms with van der Waals surface area (Å²) in [4.78, 5) is 78.7. The van der Waals surface area contributed by atoms with E-state index in [4.69, 9.17) is 4.52 Å². The molecule has 0 spiro atoms. The number of aromatic nitrogens is 3. The van der Waals surface area contributed by atoms with Crippen LogP contribution in [0.15, 0.2) is 27.6 Å². The summed E-state index contributed by atoms with van der Waals surface area (Å²) in [6, 6.07) is 1.54. The number of ketones is 1. The van der Waals surface area contributed by atoms with Crippen molar-refractivity contribution in [1.82, 2.24) is 30.7 Å². The lowest BCUT2D eigenvalue weighted by molar-refractivity contribution is -0.138. The number of rotatable bonds is 12. The molecule has 14 heteroatoms. The van der Waals surface area contributed by atoms with Crippen LogP contribution < -0.4 is 26.8 Å². The average molecular weight is 528 g/mol. The number of likely N-dealkylation sites (N-methyl/N-ethyl adjacent to an activating group) is 1. The molecule has 202 valence electrons. The summed E-state index contributed by atoms with van der Waals surface area (Å²) >= 11 is 0. The van der Waals surface area contributed by atoms with E-state index in [0.29, 0.717) is 5.92 Å². The number of hydrogen-bond acceptors (Lipinski definition) is 9. The number of anilines is 1. The Labute approximate surface area is 216 Å². The third-order valence-electron chi connectivity index (χ3n) is 6.64. The largest absolute Gasteiger partial charge is 0.350 e. The van der Waals surface area contributed by atoms with Gasteiger partial charge in [0.15, 0.2) is 0 Å². The number of carbonyl (C=O) groups is 5. The van der Waals surface area contributed by atoms with Crippen molar-refractivity contribution in [2.75, 3.05) is 11.9 Å². The van der Waals surface area contributed by atoms with E-state index in [-0.39, 0.29) is 54.8 Å². The number of amides is 4. The average Bonchev–Trinajstić information content (AvgIpc) is 3.27. The van der Waals surface area contributed by atoms with Crippen LogP contribution in [0.1, 0.15) is 55.5 Å². The van der Waals surface area contributed by atoms with E-state index in [2.05, 4.69) is 31.4 Å². The van der Waals surface area contributed by atoms with Gasteiger partial charge < -0.3 is 30.4 Å². The highest BCUT2D eigenvalue weighted by molar-refractivity contribution is 6.36. The molecule has 38 heavy (non-hydrogen) atoms. The minimum absolute atomic E-state index is 0.125. The summed E-state index contributed by atoms with van der Waals surface area (Å²) in [6.45, 7) is 3.17. The highest BCUT2D eigenvalue weighted by atomic mass is 16.5. The van der Waals surface area contributed by atoms with Gasteiger partial charge in [-0.1, -0.05) is 5.16 Å². The molecule has 4 N–H and O–H groups in total. The first-order chi connectivity index (χ1) is 18.1. The summed E-state index contributed by atoms with van der Waals surface area (Å²) < 4.78 is 5.95. The Morgan fingerprint density at radius 3 is 2.55 bits per heavy atom. The van der Waals surface area contributed by atoms with Crippen molar-refractivity contribution in [3.8, 4) is 0 Å². The van der Waals surface area contributed by atoms with Crippen molar-refractivity contribution < 1.29 is 28.5 Å². The van der Waals surface area contributed by atoms with Crippen LogP contribution in [0, 0.1) is 12.8 Å². The van der Waals surface area contributed by atoms with Gasteiger partial charge in [-0.05, 0) is 50.7 Å². The van der Waals surface area contributed by atoms with Gasteiger partial charge in [-0.25, -0.2) is 0 Å². The minimum atomic E-state index is -1.32. The summed E-state index contributed by atoms with van der Waals surface area (Å²) in [5.41, 5.74) is -0.878. The Hall–Kier alpha value is -4.36. The molecule has 4 amide bonds. The molecular formula is C24H29N7O7. The van der Waals surface area contributed by atoms with Crippen LogP contribution >= 0.6 is 0 Å². The van der Waals surface area contributed by atoms with Crippen molar-refractivity contribution in [2.45, 2.75) is 64.1 Å². The normalized spacial score (nSPS) is 19.8. The monoisotopic (exact) mass is 527 g/mol. The van der Waals surface area contributed by atoms with Crippen LogP contribution in [0.5, 0.6) is 0 Å². The maximum absolute atomic E-state index is 13.1. The van der Waals surface area contributed by atoms with E-state index in [0.717, 1.165) is 19.3 Å². The van der Waals surface area contributed by atoms with Crippen LogP contribution in [0.4, 0.5) is 5.69 Å². The molecule has 1 atom stereocenters. The zero-order valence-electron chi connectivity index (χ0n) is 21.0. The summed E-state index contributed by atoms with van der Waals surface area (Å²) in [7, 11) is 0. The molecule has 3 saturated carbocycles. The number of nitrogens with one attached hydrogen (secondary N) is 4. The quantitative estimate of drug-likeness (QED) is 0.261. The first-order valence-electron chi connectivity index (χ1n) is 12.3. The van der Waals surface area contributed by atoms with Gasteiger partial charge in [-0.2, -0.15) is 4.98 Å². The lowest BCUT2D eigenvalue weighted by Crippen LogP contribution is -2.68. The number of hydrogen-bond donors (Lipinski definition) is 4. The molecule has 5 rings (SSSR count). The maximum Gasteiger partial charge on any atom is 0.293 e. The molecule has 14 nitrogen and oxygen atoms in total. The fraction of sp³-hybridized carbons (Fsp3) is 0.500. The van der Waals surface area contributed by atoms with Crippen molar-refractivity contribution in [1.29, 1.82) is 0 Å². The van der Waals surface area contributed by atoms with Gasteiger partial charge in [0.2, 0.25) is 23.5 Å². The number of aryl methyl sites for hydroxylation is 1. The molecule has 2 heterocycles. The molecule has 3 aliphatic carbocycles. The van der Waals surface area contributed by atoms with Crippen LogP contribution in [0.3, 0.4) is 0 Å². The second-order valence-electron chi connectivity index (χ2n) is 9.64. The van der Waals surface area contributed by atoms with E-state index in [1.165, 1.54) is 29.8 Å². The lowest BCUT2D eigenvalue weighted by Gasteiger charge is -2.61. The van der Waals surface area contributed by atoms with Crippen molar-refractivity contribution in [3.05, 3.63) is 40.4 Å². The third kappa shape index (κ3) is 5.95. The summed E-state index contributed by atoms with van der Waals surface area (Å²) in [5.74, 6) is -3.04. The molecule has 2 bridgehead atoms. The van der Waals surface area contributed by atoms with E-state index in [9.17, 15) is 28.8 Å². The molecule has 3 aliphatic rings. The summed E-state index contributed by atoms with van der Waals surface area (Å²) in [6.07, 6.45) is 3.73. The van der Waals surface area contributed by atoms with Crippen molar-refractivity contribution >= 4 is 35.1 Å². The molecule has 0 aromatic carbocycles. The van der Waals surface area contributed by atoms with Crippen molar-refractivity contribution in [2.24, 2.45) is 5.92 Å². The minimum Gasteiger partial charge on any atom is -0.350 e. The van der Waals surface area contributed by atoms with Gasteiger partial charge in [0.25, 0.3) is 23.2 Å². The summed E-state index contributed by atoms with van der Waals surface area (Å²) in [5, 5.41) is 13.7. The SMILES string of the molecule is CCNC(=O)C(=O)CC[C@H](NC(=O)c1noc(C)n1)C(=O)Nc1cccn(CC(=O)NC23CC(C2)C3)c1=O. The first kappa shape index (κ1) is 26.7. The molecule has 3 fully saturated rings. The predicted molar refractivity (Wildman–Crippen MR) is 131 cm³/mol. The molecule has 2 aromatic rings. The van der Waals surface area contributed by atoms with Gasteiger partial charge >= 0.3 is 0 Å². The van der Waals surface area contributed by atoms with Gasteiger partial charge in [0.05, 0.1) is 0 Å². The standard InChI is InChI=1S/C24H29N7O7/c1-3-25-21(35)17(32)7-6-15(27-22(36)19-26-13(2)38-30-19)20(34)28-16-5-4-8-31(23(16)37)12-18(33)29-24-9-14(10-24)11-24/h4-5,8,14-15H,3,6-7,9-12H2,1-2H3,(H,25,35)(H,27,36)(H,28,34)(H,29,33)/t14?,15-,24?/m0/s1. The smallest absolute Gasteiger partial charge is 0.293 e. The van der Waals surface area contributed by atoms with E-state index in [1.807, 2.05) is 0 Å². The number of carbonyl (C=O) groups excluding carboxylic acids is 5. The Balaban J connectivity index is 1.44.